The number of carbonyl (C=O) groups excluding carboxylic acids is 1. The zero-order valence-electron chi connectivity index (χ0n) is 17.2. The second-order valence-electron chi connectivity index (χ2n) is 7.01. The number of carboxylic acids is 1. The van der Waals surface area contributed by atoms with E-state index in [0.29, 0.717) is 21.9 Å². The molecule has 0 saturated carbocycles. The average molecular weight is 525 g/mol. The molecule has 9 nitrogen and oxygen atoms in total. The van der Waals surface area contributed by atoms with Gasteiger partial charge in [-0.25, -0.2) is 18.4 Å². The number of aliphatic hydroxyl groups is 1. The Kier molecular flexibility index (Phi) is 7.49. The number of nitrogens with one attached hydrogen (secondary N) is 1. The number of amides is 1. The van der Waals surface area contributed by atoms with Crippen LogP contribution in [0.4, 0.5) is 0 Å². The molecule has 1 aliphatic heterocycles. The lowest BCUT2D eigenvalue weighted by Crippen LogP contribution is -2.40. The molecule has 12 heteroatoms. The fourth-order valence-corrected chi connectivity index (χ4v) is 4.43. The lowest BCUT2D eigenvalue weighted by atomic mass is 9.94. The third kappa shape index (κ3) is 5.49. The van der Waals surface area contributed by atoms with Gasteiger partial charge in [-0.2, -0.15) is 0 Å². The molecule has 1 amide bonds. The Morgan fingerprint density at radius 1 is 1.03 bits per heavy atom. The summed E-state index contributed by atoms with van der Waals surface area (Å²) in [4.78, 5) is 21.8. The summed E-state index contributed by atoms with van der Waals surface area (Å²) in [6.45, 7) is -0.371. The molecule has 4 rings (SSSR count). The van der Waals surface area contributed by atoms with Crippen molar-refractivity contribution in [2.45, 2.75) is 10.6 Å². The third-order valence-electron chi connectivity index (χ3n) is 4.70. The Balaban J connectivity index is 0.000000229. The Hall–Kier alpha value is -3.15. The van der Waals surface area contributed by atoms with Gasteiger partial charge >= 0.3 is 5.97 Å². The summed E-state index contributed by atoms with van der Waals surface area (Å²) in [7, 11) is -4.06. The molecule has 0 spiro atoms. The number of halogens is 2. The van der Waals surface area contributed by atoms with Crippen LogP contribution in [0.5, 0.6) is 5.75 Å². The maximum Gasteiger partial charge on any atom is 0.341 e. The predicted molar refractivity (Wildman–Crippen MR) is 124 cm³/mol. The Bertz CT molecular complexity index is 1360. The highest BCUT2D eigenvalue weighted by Gasteiger charge is 2.43. The minimum atomic E-state index is -4.06. The summed E-state index contributed by atoms with van der Waals surface area (Å²) >= 11 is 11.5. The number of hydrogen-bond donors (Lipinski definition) is 4. The molecule has 1 unspecified atom stereocenters. The van der Waals surface area contributed by atoms with E-state index in [1.54, 1.807) is 48.5 Å². The number of primary sulfonamides is 1. The highest BCUT2D eigenvalue weighted by Crippen LogP contribution is 2.36. The topological polar surface area (TPSA) is 156 Å². The fourth-order valence-electron chi connectivity index (χ4n) is 3.17. The summed E-state index contributed by atoms with van der Waals surface area (Å²) in [6.07, 6.45) is 0. The van der Waals surface area contributed by atoms with Gasteiger partial charge < -0.3 is 20.3 Å². The minimum Gasteiger partial charge on any atom is -0.480 e. The highest BCUT2D eigenvalue weighted by molar-refractivity contribution is 7.89. The van der Waals surface area contributed by atoms with E-state index in [9.17, 15) is 23.1 Å². The van der Waals surface area contributed by atoms with Gasteiger partial charge in [-0.3, -0.25) is 4.79 Å². The molecule has 0 fully saturated rings. The van der Waals surface area contributed by atoms with Crippen LogP contribution in [0.2, 0.25) is 10.0 Å². The molecule has 0 bridgehead atoms. The van der Waals surface area contributed by atoms with Crippen LogP contribution in [0.25, 0.3) is 0 Å². The van der Waals surface area contributed by atoms with E-state index in [4.69, 9.17) is 38.2 Å². The van der Waals surface area contributed by atoms with Crippen LogP contribution < -0.4 is 15.2 Å². The molecule has 0 saturated heterocycles. The summed E-state index contributed by atoms with van der Waals surface area (Å²) in [5.74, 6) is -1.08. The quantitative estimate of drug-likeness (QED) is 0.399. The van der Waals surface area contributed by atoms with Gasteiger partial charge in [0.2, 0.25) is 10.0 Å². The minimum absolute atomic E-state index is 0.0625. The van der Waals surface area contributed by atoms with E-state index in [1.807, 2.05) is 0 Å². The highest BCUT2D eigenvalue weighted by atomic mass is 35.5. The van der Waals surface area contributed by atoms with E-state index in [0.717, 1.165) is 6.07 Å². The number of carboxylic acid groups (broad SMARTS) is 1. The largest absolute Gasteiger partial charge is 0.480 e. The van der Waals surface area contributed by atoms with Gasteiger partial charge in [0, 0.05) is 16.7 Å². The molecule has 1 aliphatic rings. The fraction of sp³-hybridized carbons (Fsp3) is 0.0909. The molecule has 1 heterocycles. The van der Waals surface area contributed by atoms with E-state index < -0.39 is 27.6 Å². The summed E-state index contributed by atoms with van der Waals surface area (Å²) in [5, 5.41) is 27.1. The molecular weight excluding hydrogens is 507 g/mol. The molecule has 1 atom stereocenters. The van der Waals surface area contributed by atoms with Crippen LogP contribution in [0.1, 0.15) is 21.5 Å². The lowest BCUT2D eigenvalue weighted by molar-refractivity contribution is -0.139. The maximum absolute atomic E-state index is 12.0. The number of benzene rings is 3. The van der Waals surface area contributed by atoms with Crippen LogP contribution in [-0.2, 0) is 20.5 Å². The normalized spacial score (nSPS) is 16.6. The number of rotatable bonds is 5. The number of ether oxygens (including phenoxy) is 1. The predicted octanol–water partition coefficient (Wildman–Crippen LogP) is 2.73. The Labute approximate surface area is 204 Å². The molecule has 0 radical (unpaired) electrons. The van der Waals surface area contributed by atoms with Gasteiger partial charge in [-0.1, -0.05) is 59.6 Å². The Morgan fingerprint density at radius 3 is 2.32 bits per heavy atom. The molecule has 0 aromatic heterocycles. The van der Waals surface area contributed by atoms with Crippen molar-refractivity contribution in [3.05, 3.63) is 93.5 Å². The second kappa shape index (κ2) is 10.00. The van der Waals surface area contributed by atoms with E-state index in [-0.39, 0.29) is 22.1 Å². The molecule has 178 valence electrons. The van der Waals surface area contributed by atoms with Crippen molar-refractivity contribution in [1.29, 1.82) is 0 Å². The van der Waals surface area contributed by atoms with Gasteiger partial charge in [-0.15, -0.1) is 0 Å². The number of para-hydroxylation sites is 1. The van der Waals surface area contributed by atoms with Crippen LogP contribution in [0, 0.1) is 0 Å². The number of sulfonamides is 1. The van der Waals surface area contributed by atoms with E-state index >= 15 is 0 Å². The average Bonchev–Trinajstić information content (AvgIpc) is 3.04. The first-order valence-electron chi connectivity index (χ1n) is 9.50. The van der Waals surface area contributed by atoms with Crippen LogP contribution >= 0.6 is 23.2 Å². The first kappa shape index (κ1) is 25.5. The number of carbonyl (C=O) groups is 2. The second-order valence-corrected chi connectivity index (χ2v) is 9.36. The van der Waals surface area contributed by atoms with Crippen molar-refractivity contribution in [1.82, 2.24) is 5.32 Å². The summed E-state index contributed by atoms with van der Waals surface area (Å²) in [5.41, 5.74) is -1.03. The monoisotopic (exact) mass is 524 g/mol. The zero-order valence-corrected chi connectivity index (χ0v) is 19.6. The molecule has 34 heavy (non-hydrogen) atoms. The van der Waals surface area contributed by atoms with E-state index in [2.05, 4.69) is 5.32 Å². The molecule has 0 aliphatic carbocycles. The van der Waals surface area contributed by atoms with Crippen molar-refractivity contribution in [3.8, 4) is 5.75 Å². The van der Waals surface area contributed by atoms with Crippen molar-refractivity contribution < 1.29 is 33.0 Å². The van der Waals surface area contributed by atoms with E-state index in [1.165, 1.54) is 12.1 Å². The number of fused-ring (bicyclic) bond motifs is 1. The molecule has 3 aromatic carbocycles. The van der Waals surface area contributed by atoms with Crippen molar-refractivity contribution in [2.24, 2.45) is 5.14 Å². The van der Waals surface area contributed by atoms with Gasteiger partial charge in [-0.05, 0) is 30.3 Å². The van der Waals surface area contributed by atoms with Gasteiger partial charge in [0.25, 0.3) is 5.91 Å². The number of aliphatic carboxylic acids is 1. The maximum atomic E-state index is 12.0. The third-order valence-corrected chi connectivity index (χ3v) is 6.40. The summed E-state index contributed by atoms with van der Waals surface area (Å²) in [6, 6.07) is 17.1. The van der Waals surface area contributed by atoms with Gasteiger partial charge in [0.05, 0.1) is 10.0 Å². The Morgan fingerprint density at radius 2 is 1.68 bits per heavy atom. The van der Waals surface area contributed by atoms with Gasteiger partial charge in [0.15, 0.2) is 12.3 Å². The number of hydrogen-bond acceptors (Lipinski definition) is 6. The van der Waals surface area contributed by atoms with Crippen molar-refractivity contribution in [2.75, 3.05) is 6.61 Å². The first-order valence-corrected chi connectivity index (χ1v) is 11.8. The van der Waals surface area contributed by atoms with Crippen molar-refractivity contribution in [3.63, 3.8) is 0 Å². The van der Waals surface area contributed by atoms with Crippen LogP contribution in [0.3, 0.4) is 0 Å². The smallest absolute Gasteiger partial charge is 0.341 e. The zero-order chi connectivity index (χ0) is 25.1. The van der Waals surface area contributed by atoms with Crippen molar-refractivity contribution >= 4 is 45.1 Å². The standard InChI is InChI=1S/C14H11ClN2O4S.C8H7ClO3/c15-11-6-5-8(7-12(11)22(16,20)21)14(19)10-4-2-1-3-9(10)13(18)17-14;9-6-3-1-2-4-7(6)12-5-8(10)11/h1-7,19H,(H,17,18)(H2,16,20,21);1-4H,5H2,(H,10,11). The molecule has 5 N–H and O–H groups in total. The molecular formula is C22H18Cl2N2O7S. The number of nitrogens with two attached hydrogens (primary N) is 1. The lowest BCUT2D eigenvalue weighted by Gasteiger charge is -2.25. The first-order chi connectivity index (χ1) is 15.9. The van der Waals surface area contributed by atoms with Crippen LogP contribution in [0.15, 0.2) is 71.6 Å². The molecule has 3 aromatic rings. The van der Waals surface area contributed by atoms with Crippen LogP contribution in [-0.4, -0.2) is 37.1 Å². The van der Waals surface area contributed by atoms with Gasteiger partial charge in [0.1, 0.15) is 10.6 Å². The SMILES string of the molecule is NS(=O)(=O)c1cc(C2(O)NC(=O)c3ccccc32)ccc1Cl.O=C(O)COc1ccccc1Cl. The summed E-state index contributed by atoms with van der Waals surface area (Å²) < 4.78 is 28.0.